The van der Waals surface area contributed by atoms with E-state index in [1.165, 1.54) is 17.7 Å². The first-order valence-electron chi connectivity index (χ1n) is 7.08. The van der Waals surface area contributed by atoms with Crippen LogP contribution in [0.15, 0.2) is 30.6 Å². The van der Waals surface area contributed by atoms with E-state index in [0.29, 0.717) is 17.7 Å². The lowest BCUT2D eigenvalue weighted by molar-refractivity contribution is 0.245. The lowest BCUT2D eigenvalue weighted by Gasteiger charge is -2.23. The van der Waals surface area contributed by atoms with E-state index in [1.54, 1.807) is 10.7 Å². The fraction of sp³-hybridized carbons (Fsp3) is 0.375. The van der Waals surface area contributed by atoms with E-state index in [4.69, 9.17) is 5.26 Å². The average Bonchev–Trinajstić information content (AvgIpc) is 3.10. The van der Waals surface area contributed by atoms with Gasteiger partial charge in [0.2, 0.25) is 0 Å². The number of nitrogens with zero attached hydrogens (tertiary/aromatic N) is 4. The SMILES string of the molecule is Cn1cc([C@@H]2CCCN2Cc2cc(C#N)ccc2F)cn1. The Bertz CT molecular complexity index is 686. The van der Waals surface area contributed by atoms with Crippen LogP contribution in [-0.4, -0.2) is 21.2 Å². The molecule has 2 heterocycles. The second kappa shape index (κ2) is 5.66. The Labute approximate surface area is 123 Å². The molecule has 1 atom stereocenters. The zero-order valence-corrected chi connectivity index (χ0v) is 12.0. The van der Waals surface area contributed by atoms with Gasteiger partial charge in [-0.3, -0.25) is 9.58 Å². The third kappa shape index (κ3) is 2.81. The van der Waals surface area contributed by atoms with E-state index in [0.717, 1.165) is 19.4 Å². The van der Waals surface area contributed by atoms with E-state index in [-0.39, 0.29) is 11.9 Å². The molecular formula is C16H17FN4. The molecule has 1 aliphatic rings. The standard InChI is InChI=1S/C16H17FN4/c1-20-10-14(9-19-20)16-3-2-6-21(16)11-13-7-12(8-18)4-5-15(13)17/h4-5,7,9-10,16H,2-3,6,11H2,1H3/t16-/m0/s1. The Morgan fingerprint density at radius 2 is 2.33 bits per heavy atom. The number of aryl methyl sites for hydroxylation is 1. The molecule has 4 nitrogen and oxygen atoms in total. The number of nitriles is 1. The van der Waals surface area contributed by atoms with Crippen LogP contribution in [0.4, 0.5) is 4.39 Å². The summed E-state index contributed by atoms with van der Waals surface area (Å²) in [5.74, 6) is -0.245. The van der Waals surface area contributed by atoms with Crippen molar-refractivity contribution in [3.05, 3.63) is 53.1 Å². The summed E-state index contributed by atoms with van der Waals surface area (Å²) in [6.45, 7) is 1.47. The molecule has 0 N–H and O–H groups in total. The molecule has 1 aromatic carbocycles. The maximum Gasteiger partial charge on any atom is 0.127 e. The normalized spacial score (nSPS) is 18.8. The molecule has 0 unspecified atom stereocenters. The quantitative estimate of drug-likeness (QED) is 0.870. The molecule has 0 saturated carbocycles. The molecule has 1 fully saturated rings. The van der Waals surface area contributed by atoms with Gasteiger partial charge in [0.05, 0.1) is 17.8 Å². The smallest absolute Gasteiger partial charge is 0.127 e. The Balaban J connectivity index is 1.82. The molecule has 3 rings (SSSR count). The minimum atomic E-state index is -0.245. The minimum Gasteiger partial charge on any atom is -0.292 e. The van der Waals surface area contributed by atoms with Crippen molar-refractivity contribution < 1.29 is 4.39 Å². The maximum absolute atomic E-state index is 13.9. The van der Waals surface area contributed by atoms with Gasteiger partial charge in [-0.05, 0) is 37.6 Å². The molecule has 1 aromatic heterocycles. The maximum atomic E-state index is 13.9. The number of halogens is 1. The van der Waals surface area contributed by atoms with Crippen molar-refractivity contribution in [2.75, 3.05) is 6.54 Å². The van der Waals surface area contributed by atoms with Crippen LogP contribution in [0.2, 0.25) is 0 Å². The molecule has 0 bridgehead atoms. The van der Waals surface area contributed by atoms with Crippen LogP contribution in [-0.2, 0) is 13.6 Å². The van der Waals surface area contributed by atoms with Gasteiger partial charge in [0.15, 0.2) is 0 Å². The lowest BCUT2D eigenvalue weighted by Crippen LogP contribution is -2.23. The van der Waals surface area contributed by atoms with E-state index in [1.807, 2.05) is 19.4 Å². The van der Waals surface area contributed by atoms with Gasteiger partial charge in [0, 0.05) is 37.0 Å². The Kier molecular flexibility index (Phi) is 3.72. The van der Waals surface area contributed by atoms with Crippen LogP contribution >= 0.6 is 0 Å². The fourth-order valence-corrected chi connectivity index (χ4v) is 2.99. The molecule has 21 heavy (non-hydrogen) atoms. The molecule has 1 aliphatic heterocycles. The van der Waals surface area contributed by atoms with Crippen molar-refractivity contribution in [2.24, 2.45) is 7.05 Å². The summed E-state index contributed by atoms with van der Waals surface area (Å²) < 4.78 is 15.7. The number of hydrogen-bond donors (Lipinski definition) is 0. The topological polar surface area (TPSA) is 44.9 Å². The zero-order valence-electron chi connectivity index (χ0n) is 12.0. The molecule has 0 amide bonds. The second-order valence-corrected chi connectivity index (χ2v) is 5.49. The summed E-state index contributed by atoms with van der Waals surface area (Å²) in [5, 5.41) is 13.2. The highest BCUT2D eigenvalue weighted by Gasteiger charge is 2.27. The van der Waals surface area contributed by atoms with Crippen LogP contribution in [0, 0.1) is 17.1 Å². The number of rotatable bonds is 3. The van der Waals surface area contributed by atoms with Gasteiger partial charge in [-0.25, -0.2) is 4.39 Å². The molecule has 0 radical (unpaired) electrons. The summed E-state index contributed by atoms with van der Waals surface area (Å²) in [5.41, 5.74) is 2.26. The Morgan fingerprint density at radius 3 is 3.05 bits per heavy atom. The molecule has 1 saturated heterocycles. The van der Waals surface area contributed by atoms with Crippen molar-refractivity contribution in [1.82, 2.24) is 14.7 Å². The first kappa shape index (κ1) is 13.8. The largest absolute Gasteiger partial charge is 0.292 e. The van der Waals surface area contributed by atoms with Crippen molar-refractivity contribution in [2.45, 2.75) is 25.4 Å². The van der Waals surface area contributed by atoms with E-state index in [9.17, 15) is 4.39 Å². The summed E-state index contributed by atoms with van der Waals surface area (Å²) in [6, 6.07) is 6.89. The number of hydrogen-bond acceptors (Lipinski definition) is 3. The van der Waals surface area contributed by atoms with Crippen LogP contribution in [0.3, 0.4) is 0 Å². The third-order valence-corrected chi connectivity index (χ3v) is 4.02. The zero-order chi connectivity index (χ0) is 14.8. The average molecular weight is 284 g/mol. The van der Waals surface area contributed by atoms with Gasteiger partial charge in [0.25, 0.3) is 0 Å². The Morgan fingerprint density at radius 1 is 1.48 bits per heavy atom. The van der Waals surface area contributed by atoms with Gasteiger partial charge in [-0.15, -0.1) is 0 Å². The summed E-state index contributed by atoms with van der Waals surface area (Å²) in [4.78, 5) is 2.26. The van der Waals surface area contributed by atoms with Crippen molar-refractivity contribution in [3.63, 3.8) is 0 Å². The highest BCUT2D eigenvalue weighted by molar-refractivity contribution is 5.34. The fourth-order valence-electron chi connectivity index (χ4n) is 2.99. The monoisotopic (exact) mass is 284 g/mol. The molecule has 108 valence electrons. The lowest BCUT2D eigenvalue weighted by atomic mass is 10.1. The first-order valence-corrected chi connectivity index (χ1v) is 7.08. The summed E-state index contributed by atoms with van der Waals surface area (Å²) in [7, 11) is 1.90. The predicted molar refractivity (Wildman–Crippen MR) is 76.7 cm³/mol. The minimum absolute atomic E-state index is 0.245. The number of aromatic nitrogens is 2. The van der Waals surface area contributed by atoms with Crippen LogP contribution in [0.25, 0.3) is 0 Å². The molecule has 5 heteroatoms. The molecular weight excluding hydrogens is 267 g/mol. The van der Waals surface area contributed by atoms with Crippen LogP contribution in [0.5, 0.6) is 0 Å². The second-order valence-electron chi connectivity index (χ2n) is 5.49. The van der Waals surface area contributed by atoms with Crippen LogP contribution < -0.4 is 0 Å². The van der Waals surface area contributed by atoms with E-state index < -0.39 is 0 Å². The third-order valence-electron chi connectivity index (χ3n) is 4.02. The molecule has 0 spiro atoms. The van der Waals surface area contributed by atoms with Gasteiger partial charge >= 0.3 is 0 Å². The van der Waals surface area contributed by atoms with Crippen molar-refractivity contribution in [3.8, 4) is 6.07 Å². The van der Waals surface area contributed by atoms with Gasteiger partial charge in [-0.1, -0.05) is 0 Å². The van der Waals surface area contributed by atoms with Gasteiger partial charge < -0.3 is 0 Å². The van der Waals surface area contributed by atoms with Crippen LogP contribution in [0.1, 0.15) is 35.6 Å². The Hall–Kier alpha value is -2.19. The van der Waals surface area contributed by atoms with Gasteiger partial charge in [0.1, 0.15) is 5.82 Å². The van der Waals surface area contributed by atoms with Crippen molar-refractivity contribution >= 4 is 0 Å². The van der Waals surface area contributed by atoms with Gasteiger partial charge in [-0.2, -0.15) is 10.4 Å². The molecule has 2 aromatic rings. The van der Waals surface area contributed by atoms with Crippen molar-refractivity contribution in [1.29, 1.82) is 5.26 Å². The molecule has 0 aliphatic carbocycles. The highest BCUT2D eigenvalue weighted by atomic mass is 19.1. The first-order chi connectivity index (χ1) is 10.2. The number of likely N-dealkylation sites (tertiary alicyclic amines) is 1. The highest BCUT2D eigenvalue weighted by Crippen LogP contribution is 2.33. The van der Waals surface area contributed by atoms with E-state index in [2.05, 4.69) is 16.1 Å². The summed E-state index contributed by atoms with van der Waals surface area (Å²) in [6.07, 6.45) is 6.06. The summed E-state index contributed by atoms with van der Waals surface area (Å²) >= 11 is 0. The predicted octanol–water partition coefficient (Wildman–Crippen LogP) is 2.77. The number of benzene rings is 1. The van der Waals surface area contributed by atoms with E-state index >= 15 is 0 Å².